The fourth-order valence-electron chi connectivity index (χ4n) is 3.65. The Morgan fingerprint density at radius 1 is 0.939 bits per heavy atom. The third-order valence-corrected chi connectivity index (χ3v) is 8.05. The summed E-state index contributed by atoms with van der Waals surface area (Å²) in [6.45, 7) is 2.20. The second kappa shape index (κ2) is 8.67. The first kappa shape index (κ1) is 25.7. The Morgan fingerprint density at radius 2 is 1.45 bits per heavy atom. The lowest BCUT2D eigenvalue weighted by Crippen LogP contribution is -2.54. The number of halogens is 6. The molecule has 182 valence electrons. The van der Waals surface area contributed by atoms with Gasteiger partial charge in [-0.25, -0.2) is 8.42 Å². The Kier molecular flexibility index (Phi) is 6.75. The van der Waals surface area contributed by atoms with Crippen LogP contribution in [-0.2, 0) is 15.6 Å². The predicted molar refractivity (Wildman–Crippen MR) is 114 cm³/mol. The molecular formula is C20H20F6N2O3S2. The standard InChI is InChI=1S/C20H20F6N2O3S2/c1-13-2-7-16(32)17(12-13)33(30,31)28-10-8-27(9-11-28)15-5-3-14(4-6-15)18(29,19(21,22)23)20(24,25)26/h2-6,12,29H,7-11H2,1H3. The molecule has 1 aromatic carbocycles. The summed E-state index contributed by atoms with van der Waals surface area (Å²) in [5.41, 5.74) is -5.27. The zero-order valence-electron chi connectivity index (χ0n) is 17.2. The van der Waals surface area contributed by atoms with Crippen LogP contribution in [0.15, 0.2) is 46.9 Å². The van der Waals surface area contributed by atoms with Crippen molar-refractivity contribution in [3.8, 4) is 0 Å². The molecule has 0 radical (unpaired) electrons. The van der Waals surface area contributed by atoms with Crippen LogP contribution in [0, 0.1) is 0 Å². The van der Waals surface area contributed by atoms with Crippen molar-refractivity contribution in [2.45, 2.75) is 31.3 Å². The van der Waals surface area contributed by atoms with Crippen LogP contribution in [0.25, 0.3) is 0 Å². The van der Waals surface area contributed by atoms with E-state index in [1.165, 1.54) is 10.4 Å². The van der Waals surface area contributed by atoms with Crippen molar-refractivity contribution in [1.82, 2.24) is 4.31 Å². The Morgan fingerprint density at radius 3 is 1.94 bits per heavy atom. The van der Waals surface area contributed by atoms with Crippen LogP contribution in [0.1, 0.15) is 18.9 Å². The molecule has 0 atom stereocenters. The largest absolute Gasteiger partial charge is 0.430 e. The van der Waals surface area contributed by atoms with Gasteiger partial charge in [-0.2, -0.15) is 30.6 Å². The molecule has 1 aliphatic heterocycles. The molecule has 1 heterocycles. The number of nitrogens with zero attached hydrogens (tertiary/aromatic N) is 2. The minimum atomic E-state index is -5.96. The number of hydrogen-bond donors (Lipinski definition) is 1. The maximum absolute atomic E-state index is 13.0. The van der Waals surface area contributed by atoms with Gasteiger partial charge in [0, 0.05) is 48.7 Å². The van der Waals surface area contributed by atoms with Gasteiger partial charge in [0.1, 0.15) is 0 Å². The number of thiocarbonyl (C=S) groups is 1. The van der Waals surface area contributed by atoms with Crippen LogP contribution >= 0.6 is 12.2 Å². The van der Waals surface area contributed by atoms with Gasteiger partial charge in [-0.15, -0.1) is 0 Å². The van der Waals surface area contributed by atoms with Gasteiger partial charge in [0.2, 0.25) is 10.0 Å². The fourth-order valence-corrected chi connectivity index (χ4v) is 5.73. The smallest absolute Gasteiger partial charge is 0.369 e. The third-order valence-electron chi connectivity index (χ3n) is 5.57. The molecule has 0 bridgehead atoms. The van der Waals surface area contributed by atoms with Gasteiger partial charge >= 0.3 is 12.4 Å². The average molecular weight is 515 g/mol. The van der Waals surface area contributed by atoms with E-state index in [1.807, 2.05) is 6.08 Å². The number of anilines is 1. The van der Waals surface area contributed by atoms with E-state index in [0.29, 0.717) is 29.1 Å². The van der Waals surface area contributed by atoms with E-state index in [0.717, 1.165) is 17.7 Å². The molecule has 0 unspecified atom stereocenters. The van der Waals surface area contributed by atoms with E-state index in [2.05, 4.69) is 0 Å². The van der Waals surface area contributed by atoms with Crippen molar-refractivity contribution >= 4 is 32.8 Å². The van der Waals surface area contributed by atoms with Crippen LogP contribution < -0.4 is 4.90 Å². The number of sulfonamides is 1. The Labute approximate surface area is 192 Å². The van der Waals surface area contributed by atoms with Gasteiger partial charge < -0.3 is 10.0 Å². The van der Waals surface area contributed by atoms with Crippen LogP contribution in [0.2, 0.25) is 0 Å². The van der Waals surface area contributed by atoms with Crippen molar-refractivity contribution in [3.05, 3.63) is 52.5 Å². The molecule has 1 fully saturated rings. The maximum atomic E-state index is 13.0. The van der Waals surface area contributed by atoms with Gasteiger partial charge in [-0.1, -0.05) is 36.0 Å². The van der Waals surface area contributed by atoms with Crippen LogP contribution in [0.3, 0.4) is 0 Å². The predicted octanol–water partition coefficient (Wildman–Crippen LogP) is 4.05. The average Bonchev–Trinajstić information content (AvgIpc) is 2.73. The lowest BCUT2D eigenvalue weighted by molar-refractivity contribution is -0.376. The zero-order valence-corrected chi connectivity index (χ0v) is 18.9. The van der Waals surface area contributed by atoms with Gasteiger partial charge in [0.25, 0.3) is 5.60 Å². The van der Waals surface area contributed by atoms with Crippen LogP contribution in [-0.4, -0.2) is 61.2 Å². The minimum absolute atomic E-state index is 0.0574. The van der Waals surface area contributed by atoms with Crippen molar-refractivity contribution in [1.29, 1.82) is 0 Å². The highest BCUT2D eigenvalue weighted by molar-refractivity contribution is 7.96. The molecule has 2 aliphatic rings. The molecule has 33 heavy (non-hydrogen) atoms. The molecule has 1 saturated heterocycles. The summed E-state index contributed by atoms with van der Waals surface area (Å²) in [7, 11) is -3.83. The summed E-state index contributed by atoms with van der Waals surface area (Å²) in [5, 5.41) is 9.49. The summed E-state index contributed by atoms with van der Waals surface area (Å²) in [6.07, 6.45) is -8.25. The molecule has 0 saturated carbocycles. The first-order valence-electron chi connectivity index (χ1n) is 9.72. The van der Waals surface area contributed by atoms with Gasteiger partial charge in [-0.05, 0) is 25.1 Å². The number of rotatable bonds is 4. The molecule has 1 aliphatic carbocycles. The highest BCUT2D eigenvalue weighted by atomic mass is 32.2. The van der Waals surface area contributed by atoms with Crippen LogP contribution in [0.5, 0.6) is 0 Å². The van der Waals surface area contributed by atoms with E-state index in [9.17, 15) is 39.9 Å². The molecule has 0 spiro atoms. The molecule has 0 amide bonds. The number of aliphatic hydroxyl groups is 1. The minimum Gasteiger partial charge on any atom is -0.369 e. The van der Waals surface area contributed by atoms with Gasteiger partial charge in [0.05, 0.1) is 4.91 Å². The second-order valence-electron chi connectivity index (χ2n) is 7.73. The van der Waals surface area contributed by atoms with Gasteiger partial charge in [-0.3, -0.25) is 0 Å². The van der Waals surface area contributed by atoms with Crippen molar-refractivity contribution in [2.75, 3.05) is 31.1 Å². The second-order valence-corrected chi connectivity index (χ2v) is 10.1. The number of alkyl halides is 6. The number of piperazine rings is 1. The lowest BCUT2D eigenvalue weighted by atomic mass is 9.92. The molecular weight excluding hydrogens is 494 g/mol. The van der Waals surface area contributed by atoms with Crippen LogP contribution in [0.4, 0.5) is 32.0 Å². The Bertz CT molecular complexity index is 1070. The summed E-state index contributed by atoms with van der Waals surface area (Å²) in [4.78, 5) is 2.00. The topological polar surface area (TPSA) is 60.9 Å². The molecule has 0 aromatic heterocycles. The normalized spacial score (nSPS) is 19.4. The molecule has 1 aromatic rings. The highest BCUT2D eigenvalue weighted by Crippen LogP contribution is 2.50. The zero-order chi connectivity index (χ0) is 24.8. The summed E-state index contributed by atoms with van der Waals surface area (Å²) in [6, 6.07) is 3.21. The van der Waals surface area contributed by atoms with E-state index in [1.54, 1.807) is 11.8 Å². The SMILES string of the molecule is CC1=CCC(=S)C(S(=O)(=O)N2CCN(c3ccc(C(O)(C(F)(F)F)C(F)(F)F)cc3)CC2)=C1. The third kappa shape index (κ3) is 4.68. The molecule has 3 rings (SSSR count). The number of allylic oxidation sites excluding steroid dienone is 4. The van der Waals surface area contributed by atoms with Gasteiger partial charge in [0.15, 0.2) is 0 Å². The quantitative estimate of drug-likeness (QED) is 0.485. The molecule has 13 heteroatoms. The number of hydrogen-bond acceptors (Lipinski definition) is 5. The van der Waals surface area contributed by atoms with E-state index >= 15 is 0 Å². The first-order chi connectivity index (χ1) is 15.1. The molecule has 1 N–H and O–H groups in total. The maximum Gasteiger partial charge on any atom is 0.430 e. The van der Waals surface area contributed by atoms with E-state index < -0.39 is 33.5 Å². The fraction of sp³-hybridized carbons (Fsp3) is 0.450. The Balaban J connectivity index is 1.76. The Hall–Kier alpha value is -1.96. The summed E-state index contributed by atoms with van der Waals surface area (Å²) < 4.78 is 105. The number of benzene rings is 1. The lowest BCUT2D eigenvalue weighted by Gasteiger charge is -2.36. The van der Waals surface area contributed by atoms with Crippen molar-refractivity contribution in [2.24, 2.45) is 0 Å². The van der Waals surface area contributed by atoms with Crippen molar-refractivity contribution in [3.63, 3.8) is 0 Å². The van der Waals surface area contributed by atoms with Crippen molar-refractivity contribution < 1.29 is 39.9 Å². The van der Waals surface area contributed by atoms with E-state index in [-0.39, 0.29) is 31.1 Å². The summed E-state index contributed by atoms with van der Waals surface area (Å²) >= 11 is 5.18. The highest BCUT2D eigenvalue weighted by Gasteiger charge is 2.71. The summed E-state index contributed by atoms with van der Waals surface area (Å²) in [5.74, 6) is 0. The first-order valence-corrected chi connectivity index (χ1v) is 11.6. The molecule has 5 nitrogen and oxygen atoms in total. The monoisotopic (exact) mass is 514 g/mol. The van der Waals surface area contributed by atoms with E-state index in [4.69, 9.17) is 12.2 Å².